The van der Waals surface area contributed by atoms with Crippen LogP contribution in [0.25, 0.3) is 6.08 Å². The van der Waals surface area contributed by atoms with Gasteiger partial charge in [0.2, 0.25) is 0 Å². The number of nitriles is 1. The van der Waals surface area contributed by atoms with E-state index in [1.807, 2.05) is 0 Å². The standard InChI is InChI=1S/C11H9FN2O2/c1-2-16-11(15)4-3-8-5-9(12)10(6-13)14-7-8/h3-5,7H,2H2,1H3. The Morgan fingerprint density at radius 3 is 3.06 bits per heavy atom. The van der Waals surface area contributed by atoms with Gasteiger partial charge in [-0.05, 0) is 24.6 Å². The summed E-state index contributed by atoms with van der Waals surface area (Å²) >= 11 is 0. The van der Waals surface area contributed by atoms with E-state index in [1.54, 1.807) is 13.0 Å². The summed E-state index contributed by atoms with van der Waals surface area (Å²) in [6.07, 6.45) is 3.85. The molecule has 0 aromatic carbocycles. The number of pyridine rings is 1. The van der Waals surface area contributed by atoms with E-state index in [2.05, 4.69) is 9.72 Å². The molecule has 0 saturated heterocycles. The van der Waals surface area contributed by atoms with E-state index in [1.165, 1.54) is 18.3 Å². The summed E-state index contributed by atoms with van der Waals surface area (Å²) in [4.78, 5) is 14.5. The molecule has 0 aliphatic rings. The lowest BCUT2D eigenvalue weighted by Gasteiger charge is -1.96. The lowest BCUT2D eigenvalue weighted by atomic mass is 10.2. The lowest BCUT2D eigenvalue weighted by Crippen LogP contribution is -1.98. The molecular formula is C11H9FN2O2. The fourth-order valence-electron chi connectivity index (χ4n) is 0.981. The van der Waals surface area contributed by atoms with Gasteiger partial charge in [-0.1, -0.05) is 0 Å². The smallest absolute Gasteiger partial charge is 0.330 e. The maximum atomic E-state index is 13.1. The number of aromatic nitrogens is 1. The van der Waals surface area contributed by atoms with Crippen LogP contribution in [0.4, 0.5) is 4.39 Å². The van der Waals surface area contributed by atoms with Gasteiger partial charge in [-0.25, -0.2) is 14.2 Å². The molecule has 1 heterocycles. The van der Waals surface area contributed by atoms with E-state index >= 15 is 0 Å². The van der Waals surface area contributed by atoms with Gasteiger partial charge in [0.1, 0.15) is 6.07 Å². The van der Waals surface area contributed by atoms with E-state index in [9.17, 15) is 9.18 Å². The molecule has 0 aliphatic carbocycles. The maximum absolute atomic E-state index is 13.1. The number of nitrogens with zero attached hydrogens (tertiary/aromatic N) is 2. The zero-order valence-corrected chi connectivity index (χ0v) is 8.61. The molecule has 0 spiro atoms. The summed E-state index contributed by atoms with van der Waals surface area (Å²) < 4.78 is 17.7. The van der Waals surface area contributed by atoms with Crippen molar-refractivity contribution in [3.05, 3.63) is 35.4 Å². The largest absolute Gasteiger partial charge is 0.463 e. The quantitative estimate of drug-likeness (QED) is 0.574. The summed E-state index contributed by atoms with van der Waals surface area (Å²) in [5.74, 6) is -1.22. The Hall–Kier alpha value is -2.22. The second-order valence-electron chi connectivity index (χ2n) is 2.80. The predicted molar refractivity (Wildman–Crippen MR) is 54.6 cm³/mol. The molecule has 0 bridgehead atoms. The summed E-state index contributed by atoms with van der Waals surface area (Å²) in [7, 11) is 0. The lowest BCUT2D eigenvalue weighted by molar-refractivity contribution is -0.137. The number of rotatable bonds is 3. The van der Waals surface area contributed by atoms with Gasteiger partial charge in [0.15, 0.2) is 11.5 Å². The number of carbonyl (C=O) groups excluding carboxylic acids is 1. The number of esters is 1. The molecule has 0 aliphatic heterocycles. The highest BCUT2D eigenvalue weighted by Crippen LogP contribution is 2.07. The van der Waals surface area contributed by atoms with Crippen LogP contribution in [-0.2, 0) is 9.53 Å². The first-order valence-corrected chi connectivity index (χ1v) is 4.58. The van der Waals surface area contributed by atoms with E-state index in [-0.39, 0.29) is 12.3 Å². The Morgan fingerprint density at radius 1 is 1.75 bits per heavy atom. The summed E-state index contributed by atoms with van der Waals surface area (Å²) in [5, 5.41) is 8.45. The molecule has 0 radical (unpaired) electrons. The summed E-state index contributed by atoms with van der Waals surface area (Å²) in [6.45, 7) is 1.97. The minimum Gasteiger partial charge on any atom is -0.463 e. The molecule has 1 rings (SSSR count). The van der Waals surface area contributed by atoms with Gasteiger partial charge in [-0.2, -0.15) is 5.26 Å². The van der Waals surface area contributed by atoms with Crippen molar-refractivity contribution >= 4 is 12.0 Å². The molecule has 0 unspecified atom stereocenters. The van der Waals surface area contributed by atoms with E-state index in [4.69, 9.17) is 5.26 Å². The van der Waals surface area contributed by atoms with Gasteiger partial charge in [-0.15, -0.1) is 0 Å². The highest BCUT2D eigenvalue weighted by atomic mass is 19.1. The fraction of sp³-hybridized carbons (Fsp3) is 0.182. The van der Waals surface area contributed by atoms with Crippen molar-refractivity contribution in [2.24, 2.45) is 0 Å². The van der Waals surface area contributed by atoms with Crippen LogP contribution in [-0.4, -0.2) is 17.6 Å². The molecule has 0 saturated carbocycles. The van der Waals surface area contributed by atoms with Crippen molar-refractivity contribution in [1.29, 1.82) is 5.26 Å². The van der Waals surface area contributed by atoms with Gasteiger partial charge in [-0.3, -0.25) is 0 Å². The molecular weight excluding hydrogens is 211 g/mol. The molecule has 0 amide bonds. The monoisotopic (exact) mass is 220 g/mol. The zero-order chi connectivity index (χ0) is 12.0. The number of ether oxygens (including phenoxy) is 1. The Balaban J connectivity index is 2.80. The first kappa shape index (κ1) is 11.9. The van der Waals surface area contributed by atoms with Crippen LogP contribution in [0.3, 0.4) is 0 Å². The van der Waals surface area contributed by atoms with E-state index in [0.29, 0.717) is 5.56 Å². The van der Waals surface area contributed by atoms with Crippen LogP contribution in [0.5, 0.6) is 0 Å². The SMILES string of the molecule is CCOC(=O)C=Cc1cnc(C#N)c(F)c1. The highest BCUT2D eigenvalue weighted by Gasteiger charge is 2.02. The number of hydrogen-bond donors (Lipinski definition) is 0. The topological polar surface area (TPSA) is 63.0 Å². The predicted octanol–water partition coefficient (Wildman–Crippen LogP) is 1.67. The number of hydrogen-bond acceptors (Lipinski definition) is 4. The van der Waals surface area contributed by atoms with Gasteiger partial charge in [0.05, 0.1) is 6.61 Å². The second-order valence-corrected chi connectivity index (χ2v) is 2.80. The van der Waals surface area contributed by atoms with Crippen molar-refractivity contribution < 1.29 is 13.9 Å². The maximum Gasteiger partial charge on any atom is 0.330 e. The fourth-order valence-corrected chi connectivity index (χ4v) is 0.981. The molecule has 82 valence electrons. The third-order valence-corrected chi connectivity index (χ3v) is 1.67. The molecule has 0 fully saturated rings. The van der Waals surface area contributed by atoms with Crippen LogP contribution in [0.2, 0.25) is 0 Å². The van der Waals surface area contributed by atoms with Gasteiger partial charge in [0.25, 0.3) is 0 Å². The van der Waals surface area contributed by atoms with E-state index in [0.717, 1.165) is 6.07 Å². The average Bonchev–Trinajstić information content (AvgIpc) is 2.27. The molecule has 16 heavy (non-hydrogen) atoms. The zero-order valence-electron chi connectivity index (χ0n) is 8.61. The Kier molecular flexibility index (Phi) is 4.16. The molecule has 1 aromatic heterocycles. The Morgan fingerprint density at radius 2 is 2.50 bits per heavy atom. The third-order valence-electron chi connectivity index (χ3n) is 1.67. The van der Waals surface area contributed by atoms with Crippen molar-refractivity contribution in [2.45, 2.75) is 6.92 Å². The summed E-state index contributed by atoms with van der Waals surface area (Å²) in [5.41, 5.74) is 0.123. The normalized spacial score (nSPS) is 10.1. The van der Waals surface area contributed by atoms with Gasteiger partial charge < -0.3 is 4.74 Å². The number of halogens is 1. The van der Waals surface area contributed by atoms with Crippen LogP contribution >= 0.6 is 0 Å². The Bertz CT molecular complexity index is 464. The van der Waals surface area contributed by atoms with Crippen molar-refractivity contribution in [1.82, 2.24) is 4.98 Å². The Labute approximate surface area is 92.0 Å². The average molecular weight is 220 g/mol. The molecule has 1 aromatic rings. The van der Waals surface area contributed by atoms with Crippen LogP contribution in [0.15, 0.2) is 18.3 Å². The van der Waals surface area contributed by atoms with Crippen molar-refractivity contribution in [2.75, 3.05) is 6.61 Å². The van der Waals surface area contributed by atoms with Crippen molar-refractivity contribution in [3.8, 4) is 6.07 Å². The third kappa shape index (κ3) is 3.17. The van der Waals surface area contributed by atoms with Crippen LogP contribution in [0, 0.1) is 17.1 Å². The summed E-state index contributed by atoms with van der Waals surface area (Å²) in [6, 6.07) is 2.73. The van der Waals surface area contributed by atoms with Crippen LogP contribution in [0.1, 0.15) is 18.2 Å². The first-order valence-electron chi connectivity index (χ1n) is 4.58. The van der Waals surface area contributed by atoms with Gasteiger partial charge >= 0.3 is 5.97 Å². The minimum absolute atomic E-state index is 0.270. The van der Waals surface area contributed by atoms with E-state index < -0.39 is 11.8 Å². The minimum atomic E-state index is -0.714. The molecule has 5 heteroatoms. The first-order chi connectivity index (χ1) is 7.67. The molecule has 4 nitrogen and oxygen atoms in total. The molecule has 0 N–H and O–H groups in total. The molecule has 0 atom stereocenters. The van der Waals surface area contributed by atoms with Crippen molar-refractivity contribution in [3.63, 3.8) is 0 Å². The highest BCUT2D eigenvalue weighted by molar-refractivity contribution is 5.86. The second kappa shape index (κ2) is 5.61. The van der Waals surface area contributed by atoms with Crippen LogP contribution < -0.4 is 0 Å². The van der Waals surface area contributed by atoms with Gasteiger partial charge in [0, 0.05) is 12.3 Å². The number of carbonyl (C=O) groups is 1.